The Morgan fingerprint density at radius 2 is 1.94 bits per heavy atom. The van der Waals surface area contributed by atoms with Crippen molar-refractivity contribution < 1.29 is 4.79 Å². The van der Waals surface area contributed by atoms with Gasteiger partial charge < -0.3 is 16.0 Å². The predicted molar refractivity (Wildman–Crippen MR) is 74.6 cm³/mol. The molecule has 98 valence electrons. The summed E-state index contributed by atoms with van der Waals surface area (Å²) in [4.78, 5) is 16.8. The third kappa shape index (κ3) is 4.45. The van der Waals surface area contributed by atoms with Crippen LogP contribution in [0.5, 0.6) is 0 Å². The minimum Gasteiger partial charge on any atom is -0.370 e. The van der Waals surface area contributed by atoms with Crippen LogP contribution in [0.4, 0.5) is 5.69 Å². The molecule has 18 heavy (non-hydrogen) atoms. The van der Waals surface area contributed by atoms with Gasteiger partial charge in [0, 0.05) is 19.8 Å². The Bertz CT molecular complexity index is 423. The summed E-state index contributed by atoms with van der Waals surface area (Å²) in [5.74, 6) is 0.163. The second kappa shape index (κ2) is 6.64. The number of aliphatic imine (C=N–C) groups is 1. The lowest BCUT2D eigenvalue weighted by Crippen LogP contribution is -2.28. The molecular weight excluding hydrogens is 228 g/mol. The topological polar surface area (TPSA) is 70.7 Å². The molecule has 0 saturated carbocycles. The number of hydrogen-bond donors (Lipinski definition) is 2. The van der Waals surface area contributed by atoms with Crippen LogP contribution in [0, 0.1) is 0 Å². The zero-order valence-corrected chi connectivity index (χ0v) is 11.1. The highest BCUT2D eigenvalue weighted by Crippen LogP contribution is 2.09. The molecule has 5 nitrogen and oxygen atoms in total. The summed E-state index contributed by atoms with van der Waals surface area (Å²) in [5, 5.41) is 2.94. The van der Waals surface area contributed by atoms with Crippen LogP contribution >= 0.6 is 0 Å². The molecule has 0 aromatic heterocycles. The van der Waals surface area contributed by atoms with Gasteiger partial charge in [-0.15, -0.1) is 0 Å². The van der Waals surface area contributed by atoms with Crippen molar-refractivity contribution in [1.82, 2.24) is 4.90 Å². The van der Waals surface area contributed by atoms with Gasteiger partial charge in [0.1, 0.15) is 6.54 Å². The molecule has 1 aromatic rings. The predicted octanol–water partition coefficient (Wildman–Crippen LogP) is 1.06. The summed E-state index contributed by atoms with van der Waals surface area (Å²) in [6.45, 7) is 2.16. The molecule has 1 amide bonds. The molecular formula is C13H20N4O. The summed E-state index contributed by atoms with van der Waals surface area (Å²) < 4.78 is 0. The Morgan fingerprint density at radius 3 is 2.44 bits per heavy atom. The zero-order valence-electron chi connectivity index (χ0n) is 11.1. The van der Waals surface area contributed by atoms with Crippen LogP contribution < -0.4 is 11.1 Å². The third-order valence-electron chi connectivity index (χ3n) is 2.52. The van der Waals surface area contributed by atoms with Gasteiger partial charge in [-0.25, -0.2) is 4.99 Å². The molecule has 0 aliphatic rings. The van der Waals surface area contributed by atoms with Gasteiger partial charge in [-0.1, -0.05) is 19.1 Å². The molecule has 0 radical (unpaired) electrons. The molecule has 0 saturated heterocycles. The summed E-state index contributed by atoms with van der Waals surface area (Å²) >= 11 is 0. The van der Waals surface area contributed by atoms with E-state index in [2.05, 4.69) is 17.2 Å². The smallest absolute Gasteiger partial charge is 0.243 e. The maximum Gasteiger partial charge on any atom is 0.243 e. The molecule has 0 spiro atoms. The number of guanidine groups is 1. The van der Waals surface area contributed by atoms with Crippen LogP contribution in [0.15, 0.2) is 29.3 Å². The van der Waals surface area contributed by atoms with E-state index < -0.39 is 0 Å². The fourth-order valence-corrected chi connectivity index (χ4v) is 1.31. The molecule has 3 N–H and O–H groups in total. The lowest BCUT2D eigenvalue weighted by molar-refractivity contribution is -0.127. The minimum absolute atomic E-state index is 0.0544. The monoisotopic (exact) mass is 248 g/mol. The number of aryl methyl sites for hydroxylation is 1. The Balaban J connectivity index is 2.55. The van der Waals surface area contributed by atoms with Gasteiger partial charge >= 0.3 is 0 Å². The van der Waals surface area contributed by atoms with E-state index in [9.17, 15) is 4.79 Å². The average Bonchev–Trinajstić information content (AvgIpc) is 2.36. The van der Waals surface area contributed by atoms with E-state index in [1.165, 1.54) is 10.5 Å². The number of nitrogens with zero attached hydrogens (tertiary/aromatic N) is 2. The van der Waals surface area contributed by atoms with Crippen molar-refractivity contribution in [3.05, 3.63) is 29.8 Å². The maximum atomic E-state index is 11.3. The normalized spacial score (nSPS) is 11.2. The van der Waals surface area contributed by atoms with Crippen molar-refractivity contribution in [1.29, 1.82) is 0 Å². The second-order valence-corrected chi connectivity index (χ2v) is 4.17. The molecule has 0 atom stereocenters. The van der Waals surface area contributed by atoms with E-state index in [1.54, 1.807) is 14.1 Å². The van der Waals surface area contributed by atoms with Crippen molar-refractivity contribution in [2.75, 3.05) is 26.0 Å². The first-order valence-corrected chi connectivity index (χ1v) is 5.89. The molecule has 0 bridgehead atoms. The molecule has 1 aromatic carbocycles. The molecule has 0 unspecified atom stereocenters. The number of amides is 1. The lowest BCUT2D eigenvalue weighted by atomic mass is 10.1. The van der Waals surface area contributed by atoms with Crippen LogP contribution in [0.25, 0.3) is 0 Å². The quantitative estimate of drug-likeness (QED) is 0.618. The molecule has 0 aliphatic carbocycles. The number of anilines is 1. The minimum atomic E-state index is -0.0823. The second-order valence-electron chi connectivity index (χ2n) is 4.17. The van der Waals surface area contributed by atoms with Crippen molar-refractivity contribution in [3.8, 4) is 0 Å². The van der Waals surface area contributed by atoms with E-state index in [4.69, 9.17) is 5.73 Å². The molecule has 5 heteroatoms. The molecule has 1 rings (SSSR count). The van der Waals surface area contributed by atoms with Crippen LogP contribution in [-0.4, -0.2) is 37.4 Å². The van der Waals surface area contributed by atoms with Crippen molar-refractivity contribution >= 4 is 17.6 Å². The van der Waals surface area contributed by atoms with E-state index in [0.29, 0.717) is 0 Å². The standard InChI is InChI=1S/C13H20N4O/c1-4-10-5-7-11(8-6-10)16-13(14)15-9-12(18)17(2)3/h5-8H,4,9H2,1-3H3,(H3,14,15,16). The number of carbonyl (C=O) groups excluding carboxylic acids is 1. The van der Waals surface area contributed by atoms with Crippen molar-refractivity contribution in [2.24, 2.45) is 10.7 Å². The average molecular weight is 248 g/mol. The molecule has 0 aliphatic heterocycles. The van der Waals surface area contributed by atoms with Gasteiger partial charge in [-0.3, -0.25) is 4.79 Å². The van der Waals surface area contributed by atoms with Gasteiger partial charge in [0.15, 0.2) is 5.96 Å². The number of rotatable bonds is 4. The van der Waals surface area contributed by atoms with Crippen molar-refractivity contribution in [3.63, 3.8) is 0 Å². The largest absolute Gasteiger partial charge is 0.370 e. The number of likely N-dealkylation sites (N-methyl/N-ethyl adjacent to an activating group) is 1. The van der Waals surface area contributed by atoms with Gasteiger partial charge in [0.2, 0.25) is 5.91 Å². The van der Waals surface area contributed by atoms with E-state index in [-0.39, 0.29) is 18.4 Å². The van der Waals surface area contributed by atoms with Crippen LogP contribution in [0.2, 0.25) is 0 Å². The maximum absolute atomic E-state index is 11.3. The highest BCUT2D eigenvalue weighted by Gasteiger charge is 2.02. The van der Waals surface area contributed by atoms with E-state index >= 15 is 0 Å². The van der Waals surface area contributed by atoms with Gasteiger partial charge in [-0.05, 0) is 24.1 Å². The van der Waals surface area contributed by atoms with Crippen LogP contribution in [0.1, 0.15) is 12.5 Å². The number of benzene rings is 1. The highest BCUT2D eigenvalue weighted by molar-refractivity contribution is 5.93. The number of nitrogens with two attached hydrogens (primary N) is 1. The molecule has 0 heterocycles. The van der Waals surface area contributed by atoms with Crippen molar-refractivity contribution in [2.45, 2.75) is 13.3 Å². The summed E-state index contributed by atoms with van der Waals surface area (Å²) in [6.07, 6.45) is 1.00. The number of carbonyl (C=O) groups is 1. The Hall–Kier alpha value is -2.04. The third-order valence-corrected chi connectivity index (χ3v) is 2.52. The summed E-state index contributed by atoms with van der Waals surface area (Å²) in [5.41, 5.74) is 7.82. The summed E-state index contributed by atoms with van der Waals surface area (Å²) in [7, 11) is 3.37. The number of hydrogen-bond acceptors (Lipinski definition) is 2. The zero-order chi connectivity index (χ0) is 13.5. The number of nitrogens with one attached hydrogen (secondary N) is 1. The van der Waals surface area contributed by atoms with E-state index in [0.717, 1.165) is 12.1 Å². The van der Waals surface area contributed by atoms with Gasteiger partial charge in [0.05, 0.1) is 0 Å². The molecule has 0 fully saturated rings. The van der Waals surface area contributed by atoms with Crippen LogP contribution in [0.3, 0.4) is 0 Å². The lowest BCUT2D eigenvalue weighted by Gasteiger charge is -2.09. The first-order valence-electron chi connectivity index (χ1n) is 5.89. The first kappa shape index (κ1) is 14.0. The van der Waals surface area contributed by atoms with E-state index in [1.807, 2.05) is 24.3 Å². The van der Waals surface area contributed by atoms with Gasteiger partial charge in [0.25, 0.3) is 0 Å². The fraction of sp³-hybridized carbons (Fsp3) is 0.385. The van der Waals surface area contributed by atoms with Gasteiger partial charge in [-0.2, -0.15) is 0 Å². The first-order chi connectivity index (χ1) is 8.52. The fourth-order valence-electron chi connectivity index (χ4n) is 1.31. The summed E-state index contributed by atoms with van der Waals surface area (Å²) in [6, 6.07) is 7.94. The van der Waals surface area contributed by atoms with Crippen LogP contribution in [-0.2, 0) is 11.2 Å². The Labute approximate surface area is 108 Å². The highest BCUT2D eigenvalue weighted by atomic mass is 16.2. The Kier molecular flexibility index (Phi) is 5.17. The Morgan fingerprint density at radius 1 is 1.33 bits per heavy atom. The SMILES string of the molecule is CCc1ccc(NC(N)=NCC(=O)N(C)C)cc1.